The second-order valence-corrected chi connectivity index (χ2v) is 8.17. The SMILES string of the molecule is CCCOc1ccc(-c2nn(-c3ccccc3)cc2/C=N\NC(=O)COc2ccc(CC)cc2)cc1. The van der Waals surface area contributed by atoms with E-state index in [1.165, 1.54) is 5.56 Å². The van der Waals surface area contributed by atoms with Gasteiger partial charge in [-0.05, 0) is 66.9 Å². The first-order valence-electron chi connectivity index (χ1n) is 12.1. The quantitative estimate of drug-likeness (QED) is 0.229. The molecule has 0 atom stereocenters. The van der Waals surface area contributed by atoms with E-state index in [4.69, 9.17) is 14.6 Å². The Morgan fingerprint density at radius 1 is 0.944 bits per heavy atom. The lowest BCUT2D eigenvalue weighted by Gasteiger charge is -2.06. The van der Waals surface area contributed by atoms with Gasteiger partial charge in [0.05, 0.1) is 18.5 Å². The van der Waals surface area contributed by atoms with Gasteiger partial charge >= 0.3 is 0 Å². The van der Waals surface area contributed by atoms with Crippen molar-refractivity contribution in [3.8, 4) is 28.4 Å². The zero-order valence-corrected chi connectivity index (χ0v) is 20.6. The van der Waals surface area contributed by atoms with Crippen molar-refractivity contribution in [2.24, 2.45) is 5.10 Å². The van der Waals surface area contributed by atoms with Crippen molar-refractivity contribution >= 4 is 12.1 Å². The summed E-state index contributed by atoms with van der Waals surface area (Å²) in [6, 6.07) is 25.3. The zero-order valence-electron chi connectivity index (χ0n) is 20.6. The van der Waals surface area contributed by atoms with Gasteiger partial charge in [0.2, 0.25) is 0 Å². The predicted octanol–water partition coefficient (Wildman–Crippen LogP) is 5.42. The van der Waals surface area contributed by atoms with E-state index in [0.29, 0.717) is 12.4 Å². The van der Waals surface area contributed by atoms with Crippen LogP contribution in [0.15, 0.2) is 90.2 Å². The van der Waals surface area contributed by atoms with Crippen LogP contribution in [0.25, 0.3) is 16.9 Å². The molecule has 0 aliphatic rings. The van der Waals surface area contributed by atoms with Crippen molar-refractivity contribution in [2.45, 2.75) is 26.7 Å². The van der Waals surface area contributed by atoms with Gasteiger partial charge in [-0.2, -0.15) is 10.2 Å². The molecule has 0 bridgehead atoms. The maximum atomic E-state index is 12.3. The highest BCUT2D eigenvalue weighted by atomic mass is 16.5. The summed E-state index contributed by atoms with van der Waals surface area (Å²) in [6.45, 7) is 4.71. The lowest BCUT2D eigenvalue weighted by molar-refractivity contribution is -0.123. The molecule has 0 fully saturated rings. The number of benzene rings is 3. The predicted molar refractivity (Wildman–Crippen MR) is 142 cm³/mol. The molecule has 7 nitrogen and oxygen atoms in total. The van der Waals surface area contributed by atoms with Crippen molar-refractivity contribution < 1.29 is 14.3 Å². The molecular formula is C29H30N4O3. The lowest BCUT2D eigenvalue weighted by atomic mass is 10.1. The van der Waals surface area contributed by atoms with Gasteiger partial charge in [-0.25, -0.2) is 10.1 Å². The van der Waals surface area contributed by atoms with Crippen LogP contribution in [-0.4, -0.2) is 35.1 Å². The molecular weight excluding hydrogens is 452 g/mol. The first-order chi connectivity index (χ1) is 17.7. The number of para-hydroxylation sites is 1. The first-order valence-corrected chi connectivity index (χ1v) is 12.1. The maximum absolute atomic E-state index is 12.3. The molecule has 4 rings (SSSR count). The molecule has 184 valence electrons. The minimum atomic E-state index is -0.347. The number of carbonyl (C=O) groups excluding carboxylic acids is 1. The van der Waals surface area contributed by atoms with E-state index in [2.05, 4.69) is 24.4 Å². The summed E-state index contributed by atoms with van der Waals surface area (Å²) in [5, 5.41) is 8.93. The number of nitrogens with one attached hydrogen (secondary N) is 1. The van der Waals surface area contributed by atoms with Crippen molar-refractivity contribution in [3.63, 3.8) is 0 Å². The van der Waals surface area contributed by atoms with E-state index in [-0.39, 0.29) is 12.5 Å². The molecule has 1 amide bonds. The van der Waals surface area contributed by atoms with Crippen molar-refractivity contribution in [3.05, 3.63) is 96.2 Å². The molecule has 0 saturated heterocycles. The fourth-order valence-electron chi connectivity index (χ4n) is 3.52. The summed E-state index contributed by atoms with van der Waals surface area (Å²) in [6.07, 6.45) is 5.38. The Hall–Kier alpha value is -4.39. The number of carbonyl (C=O) groups is 1. The van der Waals surface area contributed by atoms with E-state index in [1.807, 2.05) is 85.1 Å². The number of aryl methyl sites for hydroxylation is 1. The van der Waals surface area contributed by atoms with Gasteiger partial charge in [-0.3, -0.25) is 4.79 Å². The molecule has 1 heterocycles. The Bertz CT molecular complexity index is 1280. The molecule has 0 radical (unpaired) electrons. The van der Waals surface area contributed by atoms with Crippen LogP contribution in [0, 0.1) is 0 Å². The Balaban J connectivity index is 1.47. The Morgan fingerprint density at radius 3 is 2.33 bits per heavy atom. The summed E-state index contributed by atoms with van der Waals surface area (Å²) in [4.78, 5) is 12.3. The minimum Gasteiger partial charge on any atom is -0.494 e. The molecule has 36 heavy (non-hydrogen) atoms. The molecule has 0 spiro atoms. The number of rotatable bonds is 11. The van der Waals surface area contributed by atoms with Crippen LogP contribution in [0.1, 0.15) is 31.4 Å². The highest BCUT2D eigenvalue weighted by molar-refractivity contribution is 5.89. The third-order valence-corrected chi connectivity index (χ3v) is 5.46. The van der Waals surface area contributed by atoms with Crippen molar-refractivity contribution in [1.82, 2.24) is 15.2 Å². The van der Waals surface area contributed by atoms with Crippen LogP contribution in [0.5, 0.6) is 11.5 Å². The Morgan fingerprint density at radius 2 is 1.64 bits per heavy atom. The number of nitrogens with zero attached hydrogens (tertiary/aromatic N) is 3. The van der Waals surface area contributed by atoms with E-state index >= 15 is 0 Å². The minimum absolute atomic E-state index is 0.127. The second-order valence-electron chi connectivity index (χ2n) is 8.17. The van der Waals surface area contributed by atoms with Gasteiger partial charge in [0.25, 0.3) is 5.91 Å². The summed E-state index contributed by atoms with van der Waals surface area (Å²) >= 11 is 0. The zero-order chi connectivity index (χ0) is 25.2. The number of aromatic nitrogens is 2. The molecule has 1 N–H and O–H groups in total. The highest BCUT2D eigenvalue weighted by Gasteiger charge is 2.12. The van der Waals surface area contributed by atoms with Crippen LogP contribution in [0.4, 0.5) is 0 Å². The number of ether oxygens (including phenoxy) is 2. The van der Waals surface area contributed by atoms with E-state index in [1.54, 1.807) is 10.9 Å². The van der Waals surface area contributed by atoms with Gasteiger partial charge in [0, 0.05) is 17.3 Å². The monoisotopic (exact) mass is 482 g/mol. The number of hydrogen-bond acceptors (Lipinski definition) is 5. The largest absolute Gasteiger partial charge is 0.494 e. The third kappa shape index (κ3) is 6.60. The van der Waals surface area contributed by atoms with Gasteiger partial charge in [-0.15, -0.1) is 0 Å². The average molecular weight is 483 g/mol. The summed E-state index contributed by atoms with van der Waals surface area (Å²) in [7, 11) is 0. The maximum Gasteiger partial charge on any atom is 0.277 e. The molecule has 0 aliphatic heterocycles. The van der Waals surface area contributed by atoms with Gasteiger partial charge in [0.15, 0.2) is 6.61 Å². The van der Waals surface area contributed by atoms with Crippen molar-refractivity contribution in [1.29, 1.82) is 0 Å². The first kappa shape index (κ1) is 24.7. The fraction of sp³-hybridized carbons (Fsp3) is 0.207. The fourth-order valence-corrected chi connectivity index (χ4v) is 3.52. The molecule has 0 saturated carbocycles. The second kappa shape index (κ2) is 12.4. The van der Waals surface area contributed by atoms with E-state index in [0.717, 1.165) is 41.1 Å². The van der Waals surface area contributed by atoms with E-state index < -0.39 is 0 Å². The molecule has 7 heteroatoms. The summed E-state index contributed by atoms with van der Waals surface area (Å²) in [5.74, 6) is 1.11. The number of amides is 1. The highest BCUT2D eigenvalue weighted by Crippen LogP contribution is 2.25. The van der Waals surface area contributed by atoms with Crippen LogP contribution in [0.3, 0.4) is 0 Å². The Labute approximate surface area is 211 Å². The third-order valence-electron chi connectivity index (χ3n) is 5.46. The van der Waals surface area contributed by atoms with Crippen LogP contribution < -0.4 is 14.9 Å². The van der Waals surface area contributed by atoms with Gasteiger partial charge in [-0.1, -0.05) is 44.2 Å². The summed E-state index contributed by atoms with van der Waals surface area (Å²) in [5.41, 5.74) is 7.09. The number of hydrazone groups is 1. The average Bonchev–Trinajstić information content (AvgIpc) is 3.36. The normalized spacial score (nSPS) is 10.9. The molecule has 0 aliphatic carbocycles. The molecule has 4 aromatic rings. The van der Waals surface area contributed by atoms with Gasteiger partial charge in [0.1, 0.15) is 17.2 Å². The Kier molecular flexibility index (Phi) is 8.48. The molecule has 1 aromatic heterocycles. The van der Waals surface area contributed by atoms with Gasteiger partial charge < -0.3 is 9.47 Å². The summed E-state index contributed by atoms with van der Waals surface area (Å²) < 4.78 is 13.0. The van der Waals surface area contributed by atoms with E-state index in [9.17, 15) is 4.79 Å². The molecule has 0 unspecified atom stereocenters. The molecule has 3 aromatic carbocycles. The number of hydrogen-bond donors (Lipinski definition) is 1. The standard InChI is InChI=1S/C29H30N4O3/c1-3-18-35-26-16-12-23(13-17-26)29-24(20-33(32-29)25-8-6-5-7-9-25)19-30-31-28(34)21-36-27-14-10-22(4-2)11-15-27/h5-17,19-20H,3-4,18,21H2,1-2H3,(H,31,34)/b30-19-. The lowest BCUT2D eigenvalue weighted by Crippen LogP contribution is -2.24. The van der Waals surface area contributed by atoms with Crippen LogP contribution in [0.2, 0.25) is 0 Å². The van der Waals surface area contributed by atoms with Crippen LogP contribution >= 0.6 is 0 Å². The van der Waals surface area contributed by atoms with Crippen LogP contribution in [-0.2, 0) is 11.2 Å². The smallest absolute Gasteiger partial charge is 0.277 e. The van der Waals surface area contributed by atoms with Crippen molar-refractivity contribution in [2.75, 3.05) is 13.2 Å². The topological polar surface area (TPSA) is 77.7 Å².